The number of carboxylic acid groups (broad SMARTS) is 1. The smallest absolute Gasteiger partial charge is 0.326 e. The molecule has 2 aromatic carbocycles. The van der Waals surface area contributed by atoms with Crippen LogP contribution in [0.3, 0.4) is 0 Å². The van der Waals surface area contributed by atoms with Gasteiger partial charge in [-0.15, -0.1) is 0 Å². The van der Waals surface area contributed by atoms with Gasteiger partial charge in [-0.3, -0.25) is 14.4 Å². The predicted molar refractivity (Wildman–Crippen MR) is 153 cm³/mol. The molecule has 0 spiro atoms. The first-order chi connectivity index (χ1) is 19.6. The highest BCUT2D eigenvalue weighted by atomic mass is 16.4. The van der Waals surface area contributed by atoms with E-state index in [9.17, 15) is 29.4 Å². The van der Waals surface area contributed by atoms with Gasteiger partial charge in [0.1, 0.15) is 23.9 Å². The van der Waals surface area contributed by atoms with Gasteiger partial charge < -0.3 is 36.5 Å². The molecule has 1 aromatic heterocycles. The summed E-state index contributed by atoms with van der Waals surface area (Å²) >= 11 is 0. The highest BCUT2D eigenvalue weighted by molar-refractivity contribution is 5.95. The van der Waals surface area contributed by atoms with E-state index in [0.717, 1.165) is 29.4 Å². The molecule has 2 heterocycles. The van der Waals surface area contributed by atoms with E-state index in [2.05, 4.69) is 26.3 Å². The van der Waals surface area contributed by atoms with E-state index in [0.29, 0.717) is 12.0 Å². The second-order valence-electron chi connectivity index (χ2n) is 10.8. The van der Waals surface area contributed by atoms with Crippen LogP contribution in [0.1, 0.15) is 37.8 Å². The summed E-state index contributed by atoms with van der Waals surface area (Å²) in [5, 5.41) is 31.5. The number of phenols is 1. The quantitative estimate of drug-likeness (QED) is 0.175. The number of carbonyl (C=O) groups is 4. The lowest BCUT2D eigenvalue weighted by molar-refractivity contribution is -0.142. The van der Waals surface area contributed by atoms with E-state index in [1.807, 2.05) is 24.3 Å². The maximum Gasteiger partial charge on any atom is 0.326 e. The Balaban J connectivity index is 1.50. The summed E-state index contributed by atoms with van der Waals surface area (Å²) in [7, 11) is 0. The van der Waals surface area contributed by atoms with Gasteiger partial charge in [-0.25, -0.2) is 4.79 Å². The highest BCUT2D eigenvalue weighted by Gasteiger charge is 2.33. The second-order valence-corrected chi connectivity index (χ2v) is 10.8. The zero-order valence-corrected chi connectivity index (χ0v) is 23.1. The number of aliphatic carboxylic acids is 1. The summed E-state index contributed by atoms with van der Waals surface area (Å²) in [5.74, 6) is -3.02. The number of benzene rings is 2. The van der Waals surface area contributed by atoms with E-state index in [4.69, 9.17) is 0 Å². The fourth-order valence-electron chi connectivity index (χ4n) is 5.03. The van der Waals surface area contributed by atoms with Gasteiger partial charge in [0, 0.05) is 29.9 Å². The van der Waals surface area contributed by atoms with Crippen LogP contribution in [0.2, 0.25) is 0 Å². The Bertz CT molecular complexity index is 1380. The lowest BCUT2D eigenvalue weighted by Gasteiger charge is -2.27. The molecule has 3 aromatic rings. The number of aromatic hydroxyl groups is 1. The number of para-hydroxylation sites is 1. The van der Waals surface area contributed by atoms with Crippen molar-refractivity contribution in [3.05, 3.63) is 65.9 Å². The summed E-state index contributed by atoms with van der Waals surface area (Å²) in [5.41, 5.74) is 2.35. The van der Waals surface area contributed by atoms with Crippen LogP contribution in [0.25, 0.3) is 10.9 Å². The summed E-state index contributed by atoms with van der Waals surface area (Å²) in [6.45, 7) is 4.22. The molecule has 4 atom stereocenters. The van der Waals surface area contributed by atoms with Crippen molar-refractivity contribution in [3.63, 3.8) is 0 Å². The molecular weight excluding hydrogens is 526 g/mol. The number of aromatic amines is 1. The molecule has 41 heavy (non-hydrogen) atoms. The molecule has 0 aliphatic carbocycles. The molecule has 3 amide bonds. The Morgan fingerprint density at radius 1 is 0.927 bits per heavy atom. The fraction of sp³-hybridized carbons (Fsp3) is 0.400. The molecule has 1 aliphatic rings. The first-order valence-corrected chi connectivity index (χ1v) is 13.8. The number of aromatic nitrogens is 1. The van der Waals surface area contributed by atoms with Crippen molar-refractivity contribution in [1.82, 2.24) is 26.3 Å². The predicted octanol–water partition coefficient (Wildman–Crippen LogP) is 1.61. The molecule has 1 fully saturated rings. The number of hydrogen-bond acceptors (Lipinski definition) is 6. The van der Waals surface area contributed by atoms with E-state index in [1.165, 1.54) is 12.1 Å². The molecule has 7 N–H and O–H groups in total. The molecule has 0 radical (unpaired) electrons. The van der Waals surface area contributed by atoms with Crippen LogP contribution in [0, 0.1) is 5.92 Å². The third-order valence-electron chi connectivity index (χ3n) is 7.35. The number of carboxylic acids is 1. The van der Waals surface area contributed by atoms with Crippen LogP contribution in [-0.4, -0.2) is 69.6 Å². The number of rotatable bonds is 12. The van der Waals surface area contributed by atoms with E-state index < -0.39 is 42.0 Å². The first kappa shape index (κ1) is 29.6. The number of amides is 3. The SMILES string of the molecule is CC(C)C(NC(=O)C(Cc1c[nH]c2ccccc12)NC(=O)C1CCCN1)C(=O)NC(Cc1ccc(O)cc1)C(=O)O. The zero-order chi connectivity index (χ0) is 29.5. The van der Waals surface area contributed by atoms with Crippen molar-refractivity contribution < 1.29 is 29.4 Å². The van der Waals surface area contributed by atoms with Gasteiger partial charge in [0.05, 0.1) is 6.04 Å². The number of carbonyl (C=O) groups excluding carboxylic acids is 3. The van der Waals surface area contributed by atoms with E-state index in [1.54, 1.807) is 32.2 Å². The summed E-state index contributed by atoms with van der Waals surface area (Å²) in [6, 6.07) is 10.0. The largest absolute Gasteiger partial charge is 0.508 e. The van der Waals surface area contributed by atoms with Crippen LogP contribution >= 0.6 is 0 Å². The van der Waals surface area contributed by atoms with Crippen molar-refractivity contribution in [2.45, 2.75) is 63.7 Å². The number of H-pyrrole nitrogens is 1. The number of hydrogen-bond donors (Lipinski definition) is 7. The minimum atomic E-state index is -1.25. The van der Waals surface area contributed by atoms with Crippen LogP contribution in [0.15, 0.2) is 54.7 Å². The molecular formula is C30H37N5O6. The third kappa shape index (κ3) is 7.63. The van der Waals surface area contributed by atoms with E-state index in [-0.39, 0.29) is 30.4 Å². The molecule has 1 aliphatic heterocycles. The molecule has 4 rings (SSSR count). The van der Waals surface area contributed by atoms with Gasteiger partial charge in [0.15, 0.2) is 0 Å². The Morgan fingerprint density at radius 3 is 2.32 bits per heavy atom. The van der Waals surface area contributed by atoms with Crippen molar-refractivity contribution in [2.24, 2.45) is 5.92 Å². The minimum Gasteiger partial charge on any atom is -0.508 e. The van der Waals surface area contributed by atoms with Gasteiger partial charge in [-0.05, 0) is 54.6 Å². The molecule has 0 bridgehead atoms. The number of phenolic OH excluding ortho intramolecular Hbond substituents is 1. The highest BCUT2D eigenvalue weighted by Crippen LogP contribution is 2.20. The third-order valence-corrected chi connectivity index (χ3v) is 7.35. The fourth-order valence-corrected chi connectivity index (χ4v) is 5.03. The summed E-state index contributed by atoms with van der Waals surface area (Å²) < 4.78 is 0. The molecule has 11 nitrogen and oxygen atoms in total. The van der Waals surface area contributed by atoms with Gasteiger partial charge in [0.2, 0.25) is 17.7 Å². The Hall–Kier alpha value is -4.38. The zero-order valence-electron chi connectivity index (χ0n) is 23.1. The van der Waals surface area contributed by atoms with Gasteiger partial charge in [-0.1, -0.05) is 44.2 Å². The van der Waals surface area contributed by atoms with E-state index >= 15 is 0 Å². The van der Waals surface area contributed by atoms with Crippen LogP contribution in [0.5, 0.6) is 5.75 Å². The minimum absolute atomic E-state index is 0.00620. The molecule has 0 saturated carbocycles. The standard InChI is InChI=1S/C30H37N5O6/c1-17(2)26(29(39)34-25(30(40)41)14-18-9-11-20(36)12-10-18)35-28(38)24(33-27(37)23-8-5-13-31-23)15-19-16-32-22-7-4-3-6-21(19)22/h3-4,6-7,9-12,16-17,23-26,31-32,36H,5,8,13-15H2,1-2H3,(H,33,37)(H,34,39)(H,35,38)(H,40,41). The van der Waals surface area contributed by atoms with Crippen LogP contribution in [-0.2, 0) is 32.0 Å². The van der Waals surface area contributed by atoms with Crippen molar-refractivity contribution in [2.75, 3.05) is 6.54 Å². The first-order valence-electron chi connectivity index (χ1n) is 13.8. The van der Waals surface area contributed by atoms with Crippen molar-refractivity contribution in [3.8, 4) is 5.75 Å². The lowest BCUT2D eigenvalue weighted by Crippen LogP contribution is -2.59. The Labute approximate surface area is 238 Å². The Morgan fingerprint density at radius 2 is 1.66 bits per heavy atom. The summed E-state index contributed by atoms with van der Waals surface area (Å²) in [4.78, 5) is 55.1. The molecule has 1 saturated heterocycles. The maximum absolute atomic E-state index is 13.6. The van der Waals surface area contributed by atoms with Crippen molar-refractivity contribution >= 4 is 34.6 Å². The number of fused-ring (bicyclic) bond motifs is 1. The average Bonchev–Trinajstić information content (AvgIpc) is 3.62. The topological polar surface area (TPSA) is 173 Å². The lowest BCUT2D eigenvalue weighted by atomic mass is 9.99. The van der Waals surface area contributed by atoms with Crippen molar-refractivity contribution in [1.29, 1.82) is 0 Å². The molecule has 4 unspecified atom stereocenters. The van der Waals surface area contributed by atoms with Crippen LogP contribution in [0.4, 0.5) is 0 Å². The second kappa shape index (κ2) is 13.3. The Kier molecular flexibility index (Phi) is 9.61. The van der Waals surface area contributed by atoms with Gasteiger partial charge >= 0.3 is 5.97 Å². The van der Waals surface area contributed by atoms with Gasteiger partial charge in [-0.2, -0.15) is 0 Å². The van der Waals surface area contributed by atoms with Gasteiger partial charge in [0.25, 0.3) is 0 Å². The average molecular weight is 564 g/mol. The normalized spacial score (nSPS) is 17.1. The monoisotopic (exact) mass is 563 g/mol. The molecule has 218 valence electrons. The summed E-state index contributed by atoms with van der Waals surface area (Å²) in [6.07, 6.45) is 3.52. The molecule has 11 heteroatoms. The van der Waals surface area contributed by atoms with Crippen LogP contribution < -0.4 is 21.3 Å². The number of nitrogens with one attached hydrogen (secondary N) is 5. The maximum atomic E-state index is 13.6.